The molecule has 2 aromatic carbocycles. The number of ether oxygens (including phenoxy) is 2. The molecule has 0 spiro atoms. The first-order chi connectivity index (χ1) is 15.0. The Morgan fingerprint density at radius 2 is 1.81 bits per heavy atom. The molecule has 2 aliphatic heterocycles. The van der Waals surface area contributed by atoms with Crippen LogP contribution in [0.2, 0.25) is 10.0 Å². The second-order valence-electron chi connectivity index (χ2n) is 9.23. The first-order valence-corrected chi connectivity index (χ1v) is 12.3. The van der Waals surface area contributed by atoms with Crippen LogP contribution < -0.4 is 4.74 Å². The van der Waals surface area contributed by atoms with Crippen LogP contribution in [0.5, 0.6) is 5.75 Å². The van der Waals surface area contributed by atoms with Crippen molar-refractivity contribution >= 4 is 23.2 Å². The van der Waals surface area contributed by atoms with E-state index in [1.165, 1.54) is 31.5 Å². The largest absolute Gasteiger partial charge is 0.492 e. The van der Waals surface area contributed by atoms with E-state index in [4.69, 9.17) is 32.7 Å². The summed E-state index contributed by atoms with van der Waals surface area (Å²) in [5.41, 5.74) is 2.36. The van der Waals surface area contributed by atoms with E-state index < -0.39 is 0 Å². The maximum Gasteiger partial charge on any atom is 0.119 e. The van der Waals surface area contributed by atoms with E-state index in [9.17, 15) is 0 Å². The standard InChI is InChI=1S/C26H33Cl2NO2/c1-18(2)24-15-20(23-10-7-21(27)16-25(23)28)17-31-26(24)19-5-8-22(9-6-19)30-14-13-29-11-3-4-12-29/h5-10,16,18,20,24,26H,3-4,11-15,17H2,1-2H3/t20-,24-,26-/m0/s1. The number of halogens is 2. The summed E-state index contributed by atoms with van der Waals surface area (Å²) in [6.45, 7) is 9.41. The van der Waals surface area contributed by atoms with E-state index in [0.717, 1.165) is 35.9 Å². The summed E-state index contributed by atoms with van der Waals surface area (Å²) in [7, 11) is 0. The maximum atomic E-state index is 6.49. The molecular formula is C26H33Cl2NO2. The van der Waals surface area contributed by atoms with Crippen LogP contribution in [0.3, 0.4) is 0 Å². The molecule has 2 heterocycles. The summed E-state index contributed by atoms with van der Waals surface area (Å²) in [6, 6.07) is 14.3. The normalized spacial score (nSPS) is 24.6. The number of hydrogen-bond acceptors (Lipinski definition) is 3. The highest BCUT2D eigenvalue weighted by Crippen LogP contribution is 2.45. The smallest absolute Gasteiger partial charge is 0.119 e. The Kier molecular flexibility index (Phi) is 7.81. The molecule has 2 aliphatic rings. The van der Waals surface area contributed by atoms with Crippen LogP contribution in [-0.2, 0) is 4.74 Å². The lowest BCUT2D eigenvalue weighted by Gasteiger charge is -2.39. The molecule has 0 radical (unpaired) electrons. The molecule has 3 nitrogen and oxygen atoms in total. The van der Waals surface area contributed by atoms with Crippen molar-refractivity contribution < 1.29 is 9.47 Å². The first kappa shape index (κ1) is 22.9. The van der Waals surface area contributed by atoms with E-state index in [1.807, 2.05) is 18.2 Å². The Labute approximate surface area is 196 Å². The molecule has 0 aromatic heterocycles. The molecule has 31 heavy (non-hydrogen) atoms. The molecule has 0 aliphatic carbocycles. The van der Waals surface area contributed by atoms with Crippen LogP contribution in [0.4, 0.5) is 0 Å². The van der Waals surface area contributed by atoms with Crippen LogP contribution in [-0.4, -0.2) is 37.7 Å². The van der Waals surface area contributed by atoms with Crippen molar-refractivity contribution in [3.05, 3.63) is 63.6 Å². The van der Waals surface area contributed by atoms with E-state index >= 15 is 0 Å². The molecule has 0 bridgehead atoms. The van der Waals surface area contributed by atoms with Crippen molar-refractivity contribution in [2.45, 2.75) is 45.1 Å². The van der Waals surface area contributed by atoms with Gasteiger partial charge < -0.3 is 9.47 Å². The summed E-state index contributed by atoms with van der Waals surface area (Å²) >= 11 is 12.6. The van der Waals surface area contributed by atoms with Gasteiger partial charge in [-0.2, -0.15) is 0 Å². The van der Waals surface area contributed by atoms with E-state index in [1.54, 1.807) is 0 Å². The molecule has 0 unspecified atom stereocenters. The lowest BCUT2D eigenvalue weighted by molar-refractivity contribution is -0.0552. The highest BCUT2D eigenvalue weighted by atomic mass is 35.5. The van der Waals surface area contributed by atoms with E-state index in [0.29, 0.717) is 29.4 Å². The quantitative estimate of drug-likeness (QED) is 0.443. The molecule has 5 heteroatoms. The predicted molar refractivity (Wildman–Crippen MR) is 128 cm³/mol. The number of hydrogen-bond donors (Lipinski definition) is 0. The average Bonchev–Trinajstić information content (AvgIpc) is 3.27. The zero-order valence-corrected chi connectivity index (χ0v) is 20.0. The molecule has 0 amide bonds. The number of likely N-dealkylation sites (tertiary alicyclic amines) is 1. The summed E-state index contributed by atoms with van der Waals surface area (Å²) in [6.07, 6.45) is 3.79. The van der Waals surface area contributed by atoms with Gasteiger partial charge in [0.05, 0.1) is 12.7 Å². The SMILES string of the molecule is CC(C)[C@@H]1C[C@H](c2ccc(Cl)cc2Cl)CO[C@H]1c1ccc(OCCN2CCCC2)cc1. The fourth-order valence-electron chi connectivity index (χ4n) is 4.93. The third kappa shape index (κ3) is 5.76. The Hall–Kier alpha value is -1.26. The fourth-order valence-corrected chi connectivity index (χ4v) is 5.49. The first-order valence-electron chi connectivity index (χ1n) is 11.5. The minimum Gasteiger partial charge on any atom is -0.492 e. The van der Waals surface area contributed by atoms with Gasteiger partial charge in [0.2, 0.25) is 0 Å². The third-order valence-corrected chi connectivity index (χ3v) is 7.33. The molecule has 2 fully saturated rings. The van der Waals surface area contributed by atoms with Crippen molar-refractivity contribution in [1.82, 2.24) is 4.90 Å². The third-order valence-electron chi connectivity index (χ3n) is 6.76. The Bertz CT molecular complexity index is 849. The number of nitrogens with zero attached hydrogens (tertiary/aromatic N) is 1. The second-order valence-corrected chi connectivity index (χ2v) is 10.1. The maximum absolute atomic E-state index is 6.49. The van der Waals surface area contributed by atoms with Gasteiger partial charge in [-0.1, -0.05) is 55.2 Å². The zero-order chi connectivity index (χ0) is 21.8. The monoisotopic (exact) mass is 461 g/mol. The van der Waals surface area contributed by atoms with Crippen LogP contribution in [0.1, 0.15) is 56.3 Å². The summed E-state index contributed by atoms with van der Waals surface area (Å²) < 4.78 is 12.4. The second kappa shape index (κ2) is 10.6. The molecule has 2 saturated heterocycles. The highest BCUT2D eigenvalue weighted by Gasteiger charge is 2.35. The van der Waals surface area contributed by atoms with Gasteiger partial charge in [0.1, 0.15) is 12.4 Å². The zero-order valence-electron chi connectivity index (χ0n) is 18.5. The molecule has 168 valence electrons. The van der Waals surface area contributed by atoms with Crippen LogP contribution in [0.15, 0.2) is 42.5 Å². The predicted octanol–water partition coefficient (Wildman–Crippen LogP) is 6.99. The van der Waals surface area contributed by atoms with Crippen molar-refractivity contribution in [1.29, 1.82) is 0 Å². The molecule has 2 aromatic rings. The molecule has 0 saturated carbocycles. The number of rotatable bonds is 7. The van der Waals surface area contributed by atoms with Crippen LogP contribution in [0, 0.1) is 11.8 Å². The Morgan fingerprint density at radius 3 is 2.48 bits per heavy atom. The topological polar surface area (TPSA) is 21.7 Å². The lowest BCUT2D eigenvalue weighted by atomic mass is 9.76. The minimum absolute atomic E-state index is 0.0981. The van der Waals surface area contributed by atoms with Gasteiger partial charge in [0.25, 0.3) is 0 Å². The van der Waals surface area contributed by atoms with Gasteiger partial charge in [-0.05, 0) is 79.6 Å². The van der Waals surface area contributed by atoms with Crippen molar-refractivity contribution in [3.8, 4) is 5.75 Å². The van der Waals surface area contributed by atoms with Gasteiger partial charge in [-0.15, -0.1) is 0 Å². The van der Waals surface area contributed by atoms with Gasteiger partial charge in [0.15, 0.2) is 0 Å². The Balaban J connectivity index is 1.39. The number of benzene rings is 2. The van der Waals surface area contributed by atoms with Gasteiger partial charge >= 0.3 is 0 Å². The van der Waals surface area contributed by atoms with Gasteiger partial charge in [-0.3, -0.25) is 4.90 Å². The average molecular weight is 462 g/mol. The summed E-state index contributed by atoms with van der Waals surface area (Å²) in [4.78, 5) is 2.47. The van der Waals surface area contributed by atoms with Gasteiger partial charge in [-0.25, -0.2) is 0 Å². The minimum atomic E-state index is 0.0981. The van der Waals surface area contributed by atoms with Crippen LogP contribution >= 0.6 is 23.2 Å². The van der Waals surface area contributed by atoms with Crippen molar-refractivity contribution in [2.75, 3.05) is 32.8 Å². The molecular weight excluding hydrogens is 429 g/mol. The van der Waals surface area contributed by atoms with Crippen LogP contribution in [0.25, 0.3) is 0 Å². The molecule has 3 atom stereocenters. The van der Waals surface area contributed by atoms with Gasteiger partial charge in [0, 0.05) is 22.5 Å². The highest BCUT2D eigenvalue weighted by molar-refractivity contribution is 6.35. The lowest BCUT2D eigenvalue weighted by Crippen LogP contribution is -2.31. The van der Waals surface area contributed by atoms with Crippen molar-refractivity contribution in [3.63, 3.8) is 0 Å². The molecule has 4 rings (SSSR count). The molecule has 0 N–H and O–H groups in total. The summed E-state index contributed by atoms with van der Waals surface area (Å²) in [5.74, 6) is 2.16. The van der Waals surface area contributed by atoms with E-state index in [2.05, 4.69) is 43.0 Å². The Morgan fingerprint density at radius 1 is 1.06 bits per heavy atom. The van der Waals surface area contributed by atoms with E-state index in [-0.39, 0.29) is 6.10 Å². The summed E-state index contributed by atoms with van der Waals surface area (Å²) in [5, 5.41) is 1.41. The fraction of sp³-hybridized carbons (Fsp3) is 0.538. The van der Waals surface area contributed by atoms with Crippen molar-refractivity contribution in [2.24, 2.45) is 11.8 Å².